The maximum absolute atomic E-state index is 12.5. The second-order valence-corrected chi connectivity index (χ2v) is 9.74. The molecule has 1 fully saturated rings. The van der Waals surface area contributed by atoms with Gasteiger partial charge in [-0.2, -0.15) is 12.7 Å². The number of aliphatic hydroxyl groups is 1. The molecule has 0 bridgehead atoms. The van der Waals surface area contributed by atoms with Gasteiger partial charge in [0.05, 0.1) is 5.60 Å². The van der Waals surface area contributed by atoms with Gasteiger partial charge in [-0.1, -0.05) is 60.7 Å². The van der Waals surface area contributed by atoms with E-state index in [2.05, 4.69) is 21.8 Å². The maximum atomic E-state index is 12.5. The Morgan fingerprint density at radius 2 is 1.55 bits per heavy atom. The molecule has 2 N–H and O–H groups in total. The number of likely N-dealkylation sites (tertiary alicyclic amines) is 1. The highest BCUT2D eigenvalue weighted by molar-refractivity contribution is 7.87. The highest BCUT2D eigenvalue weighted by atomic mass is 32.2. The van der Waals surface area contributed by atoms with Crippen LogP contribution in [-0.4, -0.2) is 55.0 Å². The summed E-state index contributed by atoms with van der Waals surface area (Å²) in [4.78, 5) is 2.33. The zero-order chi connectivity index (χ0) is 20.7. The summed E-state index contributed by atoms with van der Waals surface area (Å²) in [6.07, 6.45) is 1.73. The van der Waals surface area contributed by atoms with Crippen molar-refractivity contribution in [1.82, 2.24) is 13.9 Å². The number of hydrogen-bond donors (Lipinski definition) is 2. The summed E-state index contributed by atoms with van der Waals surface area (Å²) in [6, 6.07) is 19.8. The summed E-state index contributed by atoms with van der Waals surface area (Å²) >= 11 is 0. The van der Waals surface area contributed by atoms with Gasteiger partial charge in [-0.05, 0) is 30.4 Å². The molecule has 3 rings (SSSR count). The van der Waals surface area contributed by atoms with Crippen LogP contribution in [0.1, 0.15) is 30.4 Å². The predicted octanol–water partition coefficient (Wildman–Crippen LogP) is 2.37. The molecular weight excluding hydrogens is 386 g/mol. The Labute approximate surface area is 174 Å². The maximum Gasteiger partial charge on any atom is 0.279 e. The summed E-state index contributed by atoms with van der Waals surface area (Å²) in [5.74, 6) is 0. The standard InChI is InChI=1S/C22H31N3O3S/c1-24(18-20-8-4-2-5-9-20)29(27,28)23-15-12-22(26)13-16-25(17-14-22)19-21-10-6-3-7-11-21/h2-11,23,26H,12-19H2,1H3. The zero-order valence-electron chi connectivity index (χ0n) is 17.0. The first kappa shape index (κ1) is 21.9. The highest BCUT2D eigenvalue weighted by Crippen LogP contribution is 2.26. The van der Waals surface area contributed by atoms with Crippen LogP contribution < -0.4 is 4.72 Å². The van der Waals surface area contributed by atoms with Crippen molar-refractivity contribution in [2.75, 3.05) is 26.7 Å². The van der Waals surface area contributed by atoms with Gasteiger partial charge in [-0.25, -0.2) is 4.72 Å². The molecule has 0 spiro atoms. The van der Waals surface area contributed by atoms with Gasteiger partial charge >= 0.3 is 0 Å². The number of nitrogens with one attached hydrogen (secondary N) is 1. The summed E-state index contributed by atoms with van der Waals surface area (Å²) < 4.78 is 28.8. The number of nitrogens with zero attached hydrogens (tertiary/aromatic N) is 2. The fourth-order valence-electron chi connectivity index (χ4n) is 3.67. The van der Waals surface area contributed by atoms with Crippen molar-refractivity contribution in [3.05, 3.63) is 71.8 Å². The average Bonchev–Trinajstić information content (AvgIpc) is 2.71. The topological polar surface area (TPSA) is 72.9 Å². The van der Waals surface area contributed by atoms with Gasteiger partial charge < -0.3 is 5.11 Å². The van der Waals surface area contributed by atoms with Crippen molar-refractivity contribution in [2.24, 2.45) is 0 Å². The Balaban J connectivity index is 1.42. The minimum absolute atomic E-state index is 0.233. The third-order valence-electron chi connectivity index (χ3n) is 5.57. The third kappa shape index (κ3) is 6.62. The van der Waals surface area contributed by atoms with Gasteiger partial charge in [0.1, 0.15) is 0 Å². The molecule has 29 heavy (non-hydrogen) atoms. The molecule has 1 saturated heterocycles. The first-order chi connectivity index (χ1) is 13.9. The van der Waals surface area contributed by atoms with Gasteiger partial charge in [0.15, 0.2) is 0 Å². The van der Waals surface area contributed by atoms with Gasteiger partial charge in [0, 0.05) is 39.8 Å². The zero-order valence-corrected chi connectivity index (χ0v) is 17.8. The highest BCUT2D eigenvalue weighted by Gasteiger charge is 2.32. The molecule has 0 amide bonds. The van der Waals surface area contributed by atoms with Gasteiger partial charge in [0.25, 0.3) is 10.2 Å². The Bertz CT molecular complexity index is 851. The summed E-state index contributed by atoms with van der Waals surface area (Å²) in [6.45, 7) is 3.05. The lowest BCUT2D eigenvalue weighted by molar-refractivity contribution is -0.0279. The van der Waals surface area contributed by atoms with Crippen LogP contribution in [0.15, 0.2) is 60.7 Å². The molecular formula is C22H31N3O3S. The van der Waals surface area contributed by atoms with Gasteiger partial charge in [0.2, 0.25) is 0 Å². The van der Waals surface area contributed by atoms with E-state index in [1.54, 1.807) is 7.05 Å². The fraction of sp³-hybridized carbons (Fsp3) is 0.455. The average molecular weight is 418 g/mol. The van der Waals surface area contributed by atoms with Crippen LogP contribution in [0.5, 0.6) is 0 Å². The number of benzene rings is 2. The number of rotatable bonds is 9. The fourth-order valence-corrected chi connectivity index (χ4v) is 4.57. The SMILES string of the molecule is CN(Cc1ccccc1)S(=O)(=O)NCCC1(O)CCN(Cc2ccccc2)CC1. The van der Waals surface area contributed by atoms with Crippen LogP contribution in [0, 0.1) is 0 Å². The van der Waals surface area contributed by atoms with E-state index in [-0.39, 0.29) is 6.54 Å². The normalized spacial score (nSPS) is 17.5. The molecule has 0 saturated carbocycles. The van der Waals surface area contributed by atoms with E-state index >= 15 is 0 Å². The van der Waals surface area contributed by atoms with Crippen LogP contribution in [0.2, 0.25) is 0 Å². The van der Waals surface area contributed by atoms with Gasteiger partial charge in [-0.3, -0.25) is 4.90 Å². The lowest BCUT2D eigenvalue weighted by Gasteiger charge is -2.38. The first-order valence-corrected chi connectivity index (χ1v) is 11.5. The molecule has 1 heterocycles. The summed E-state index contributed by atoms with van der Waals surface area (Å²) in [5.41, 5.74) is 1.39. The van der Waals surface area contributed by atoms with E-state index in [9.17, 15) is 13.5 Å². The van der Waals surface area contributed by atoms with Crippen molar-refractivity contribution >= 4 is 10.2 Å². The Kier molecular flexibility index (Phi) is 7.43. The first-order valence-electron chi connectivity index (χ1n) is 10.1. The molecule has 0 radical (unpaired) electrons. The molecule has 0 unspecified atom stereocenters. The monoisotopic (exact) mass is 417 g/mol. The Hall–Kier alpha value is -1.77. The van der Waals surface area contributed by atoms with E-state index < -0.39 is 15.8 Å². The second-order valence-electron chi connectivity index (χ2n) is 7.88. The molecule has 0 aliphatic carbocycles. The van der Waals surface area contributed by atoms with Crippen LogP contribution in [0.25, 0.3) is 0 Å². The third-order valence-corrected chi connectivity index (χ3v) is 7.09. The minimum atomic E-state index is -3.58. The van der Waals surface area contributed by atoms with Crippen LogP contribution in [-0.2, 0) is 23.3 Å². The molecule has 1 aliphatic rings. The molecule has 7 heteroatoms. The van der Waals surface area contributed by atoms with Crippen molar-refractivity contribution in [1.29, 1.82) is 0 Å². The largest absolute Gasteiger partial charge is 0.390 e. The molecule has 1 aliphatic heterocycles. The predicted molar refractivity (Wildman–Crippen MR) is 115 cm³/mol. The van der Waals surface area contributed by atoms with Gasteiger partial charge in [-0.15, -0.1) is 0 Å². The Morgan fingerprint density at radius 1 is 1.00 bits per heavy atom. The van der Waals surface area contributed by atoms with E-state index in [0.29, 0.717) is 25.8 Å². The van der Waals surface area contributed by atoms with Crippen molar-refractivity contribution in [3.8, 4) is 0 Å². The summed E-state index contributed by atoms with van der Waals surface area (Å²) in [7, 11) is -2.01. The molecule has 0 aromatic heterocycles. The van der Waals surface area contributed by atoms with E-state index in [4.69, 9.17) is 0 Å². The van der Waals surface area contributed by atoms with E-state index in [1.807, 2.05) is 48.5 Å². The Morgan fingerprint density at radius 3 is 2.14 bits per heavy atom. The lowest BCUT2D eigenvalue weighted by Crippen LogP contribution is -2.46. The van der Waals surface area contributed by atoms with E-state index in [1.165, 1.54) is 9.87 Å². The molecule has 0 atom stereocenters. The van der Waals surface area contributed by atoms with Crippen LogP contribution in [0.3, 0.4) is 0 Å². The summed E-state index contributed by atoms with van der Waals surface area (Å²) in [5, 5.41) is 10.9. The van der Waals surface area contributed by atoms with Crippen molar-refractivity contribution in [3.63, 3.8) is 0 Å². The second kappa shape index (κ2) is 9.82. The van der Waals surface area contributed by atoms with Crippen molar-refractivity contribution in [2.45, 2.75) is 38.0 Å². The van der Waals surface area contributed by atoms with Crippen LogP contribution >= 0.6 is 0 Å². The molecule has 6 nitrogen and oxygen atoms in total. The molecule has 2 aromatic rings. The quantitative estimate of drug-likeness (QED) is 0.657. The van der Waals surface area contributed by atoms with Crippen LogP contribution in [0.4, 0.5) is 0 Å². The molecule has 158 valence electrons. The van der Waals surface area contributed by atoms with Crippen molar-refractivity contribution < 1.29 is 13.5 Å². The lowest BCUT2D eigenvalue weighted by atomic mass is 9.88. The number of piperidine rings is 1. The number of hydrogen-bond acceptors (Lipinski definition) is 4. The minimum Gasteiger partial charge on any atom is -0.390 e. The smallest absolute Gasteiger partial charge is 0.279 e. The van der Waals surface area contributed by atoms with E-state index in [0.717, 1.165) is 25.2 Å². The molecule has 2 aromatic carbocycles.